The van der Waals surface area contributed by atoms with E-state index in [1.54, 1.807) is 11.0 Å². The largest absolute Gasteiger partial charge is 0.361 e. The van der Waals surface area contributed by atoms with E-state index in [-0.39, 0.29) is 18.9 Å². The lowest BCUT2D eigenvalue weighted by Crippen LogP contribution is -2.46. The van der Waals surface area contributed by atoms with Crippen LogP contribution in [0.3, 0.4) is 0 Å². The summed E-state index contributed by atoms with van der Waals surface area (Å²) < 4.78 is 30.4. The molecule has 2 aromatic rings. The van der Waals surface area contributed by atoms with Gasteiger partial charge >= 0.3 is 0 Å². The Labute approximate surface area is 155 Å². The molecule has 0 bridgehead atoms. The van der Waals surface area contributed by atoms with Crippen molar-refractivity contribution in [3.63, 3.8) is 0 Å². The minimum absolute atomic E-state index is 0.152. The van der Waals surface area contributed by atoms with Crippen LogP contribution in [0.15, 0.2) is 40.9 Å². The van der Waals surface area contributed by atoms with Crippen LogP contribution in [-0.4, -0.2) is 47.9 Å². The average molecular weight is 377 g/mol. The number of nitrogens with one attached hydrogen (secondary N) is 1. The van der Waals surface area contributed by atoms with Gasteiger partial charge in [0.05, 0.1) is 12.0 Å². The molecule has 144 valence electrons. The molecule has 1 atom stereocenters. The summed E-state index contributed by atoms with van der Waals surface area (Å²) >= 11 is 0. The highest BCUT2D eigenvalue weighted by molar-refractivity contribution is 5.85. The number of benzene rings is 1. The average Bonchev–Trinajstić information content (AvgIpc) is 3.29. The van der Waals surface area contributed by atoms with Crippen molar-refractivity contribution in [2.45, 2.75) is 26.2 Å². The van der Waals surface area contributed by atoms with Crippen LogP contribution in [0, 0.1) is 5.41 Å². The first-order valence-corrected chi connectivity index (χ1v) is 8.73. The van der Waals surface area contributed by atoms with E-state index < -0.39 is 24.3 Å². The lowest BCUT2D eigenvalue weighted by molar-refractivity contribution is -0.133. The van der Waals surface area contributed by atoms with Gasteiger partial charge < -0.3 is 14.7 Å². The van der Waals surface area contributed by atoms with E-state index in [0.29, 0.717) is 24.4 Å². The van der Waals surface area contributed by atoms with Gasteiger partial charge in [-0.3, -0.25) is 9.59 Å². The number of hydrogen-bond acceptors (Lipinski definition) is 4. The number of halogens is 2. The lowest BCUT2D eigenvalue weighted by Gasteiger charge is -2.27. The van der Waals surface area contributed by atoms with Gasteiger partial charge in [0, 0.05) is 38.1 Å². The molecule has 1 aliphatic heterocycles. The van der Waals surface area contributed by atoms with Gasteiger partial charge in [0.15, 0.2) is 0 Å². The third kappa shape index (κ3) is 4.32. The third-order valence-electron chi connectivity index (χ3n) is 4.84. The Bertz CT molecular complexity index is 810. The second-order valence-electron chi connectivity index (χ2n) is 6.79. The molecule has 3 rings (SSSR count). The van der Waals surface area contributed by atoms with E-state index in [9.17, 15) is 18.4 Å². The Morgan fingerprint density at radius 3 is 2.70 bits per heavy atom. The number of rotatable bonds is 6. The van der Waals surface area contributed by atoms with Crippen molar-refractivity contribution in [1.82, 2.24) is 15.4 Å². The molecule has 1 unspecified atom stereocenters. The van der Waals surface area contributed by atoms with Crippen LogP contribution in [0.5, 0.6) is 0 Å². The molecule has 0 spiro atoms. The Morgan fingerprint density at radius 1 is 1.33 bits per heavy atom. The van der Waals surface area contributed by atoms with Crippen molar-refractivity contribution < 1.29 is 22.9 Å². The predicted octanol–water partition coefficient (Wildman–Crippen LogP) is 2.50. The Hall–Kier alpha value is -2.77. The van der Waals surface area contributed by atoms with Crippen molar-refractivity contribution >= 4 is 11.8 Å². The Morgan fingerprint density at radius 2 is 2.07 bits per heavy atom. The maximum absolute atomic E-state index is 12.7. The first-order chi connectivity index (χ1) is 12.9. The fourth-order valence-corrected chi connectivity index (χ4v) is 3.38. The molecule has 2 amide bonds. The van der Waals surface area contributed by atoms with Gasteiger partial charge in [-0.2, -0.15) is 0 Å². The molecule has 1 N–H and O–H groups in total. The smallest absolute Gasteiger partial charge is 0.255 e. The summed E-state index contributed by atoms with van der Waals surface area (Å²) in [5.41, 5.74) is 0.504. The molecular weight excluding hydrogens is 356 g/mol. The first kappa shape index (κ1) is 19.0. The van der Waals surface area contributed by atoms with Gasteiger partial charge in [-0.05, 0) is 6.42 Å². The molecule has 2 heterocycles. The summed E-state index contributed by atoms with van der Waals surface area (Å²) in [6.45, 7) is 1.28. The molecule has 0 aliphatic carbocycles. The molecule has 0 radical (unpaired) electrons. The number of amides is 2. The summed E-state index contributed by atoms with van der Waals surface area (Å²) in [6.07, 6.45) is -2.07. The SMILES string of the molecule is CC(=O)N1CCC(Cc2cc(-c3ccccc3)no2)(C(=O)NCC(F)F)C1. The van der Waals surface area contributed by atoms with E-state index in [2.05, 4.69) is 10.5 Å². The standard InChI is InChI=1S/C19H21F2N3O3/c1-13(25)24-8-7-19(12-24,18(26)22-11-17(20)21)10-15-9-16(23-27-15)14-5-3-2-4-6-14/h2-6,9,17H,7-8,10-12H2,1H3,(H,22,26). The summed E-state index contributed by atoms with van der Waals surface area (Å²) in [4.78, 5) is 25.9. The van der Waals surface area contributed by atoms with E-state index in [4.69, 9.17) is 4.52 Å². The van der Waals surface area contributed by atoms with E-state index >= 15 is 0 Å². The van der Waals surface area contributed by atoms with Crippen molar-refractivity contribution in [2.24, 2.45) is 5.41 Å². The minimum Gasteiger partial charge on any atom is -0.361 e. The molecule has 1 fully saturated rings. The zero-order chi connectivity index (χ0) is 19.4. The van der Waals surface area contributed by atoms with Gasteiger partial charge in [-0.15, -0.1) is 0 Å². The third-order valence-corrected chi connectivity index (χ3v) is 4.84. The second kappa shape index (κ2) is 7.85. The molecule has 1 aliphatic rings. The molecule has 1 aromatic carbocycles. The van der Waals surface area contributed by atoms with Crippen LogP contribution in [0.25, 0.3) is 11.3 Å². The van der Waals surface area contributed by atoms with Gasteiger partial charge in [0.2, 0.25) is 11.8 Å². The van der Waals surface area contributed by atoms with Crippen molar-refractivity contribution in [3.05, 3.63) is 42.2 Å². The Balaban J connectivity index is 1.81. The number of likely N-dealkylation sites (tertiary alicyclic amines) is 1. The topological polar surface area (TPSA) is 75.4 Å². The van der Waals surface area contributed by atoms with Gasteiger partial charge in [0.25, 0.3) is 6.43 Å². The molecule has 1 aromatic heterocycles. The number of carbonyl (C=O) groups excluding carboxylic acids is 2. The van der Waals surface area contributed by atoms with Crippen molar-refractivity contribution in [3.8, 4) is 11.3 Å². The van der Waals surface area contributed by atoms with Crippen LogP contribution in [-0.2, 0) is 16.0 Å². The van der Waals surface area contributed by atoms with Gasteiger partial charge in [0.1, 0.15) is 11.5 Å². The maximum Gasteiger partial charge on any atom is 0.255 e. The summed E-state index contributed by atoms with van der Waals surface area (Å²) in [6, 6.07) is 11.2. The van der Waals surface area contributed by atoms with Crippen molar-refractivity contribution in [1.29, 1.82) is 0 Å². The maximum atomic E-state index is 12.7. The van der Waals surface area contributed by atoms with E-state index in [1.165, 1.54) is 6.92 Å². The van der Waals surface area contributed by atoms with E-state index in [1.807, 2.05) is 30.3 Å². The molecule has 0 saturated carbocycles. The van der Waals surface area contributed by atoms with Crippen molar-refractivity contribution in [2.75, 3.05) is 19.6 Å². The number of aromatic nitrogens is 1. The number of carbonyl (C=O) groups is 2. The zero-order valence-electron chi connectivity index (χ0n) is 15.0. The molecule has 8 heteroatoms. The molecule has 6 nitrogen and oxygen atoms in total. The number of hydrogen-bond donors (Lipinski definition) is 1. The van der Waals surface area contributed by atoms with Crippen LogP contribution in [0.2, 0.25) is 0 Å². The Kier molecular flexibility index (Phi) is 5.53. The molecule has 1 saturated heterocycles. The van der Waals surface area contributed by atoms with Crippen LogP contribution < -0.4 is 5.32 Å². The molecule has 27 heavy (non-hydrogen) atoms. The molecular formula is C19H21F2N3O3. The highest BCUT2D eigenvalue weighted by Crippen LogP contribution is 2.35. The summed E-state index contributed by atoms with van der Waals surface area (Å²) in [7, 11) is 0. The summed E-state index contributed by atoms with van der Waals surface area (Å²) in [5, 5.41) is 6.33. The van der Waals surface area contributed by atoms with E-state index in [0.717, 1.165) is 5.56 Å². The zero-order valence-corrected chi connectivity index (χ0v) is 15.0. The highest BCUT2D eigenvalue weighted by atomic mass is 19.3. The fraction of sp³-hybridized carbons (Fsp3) is 0.421. The van der Waals surface area contributed by atoms with Gasteiger partial charge in [-0.1, -0.05) is 35.5 Å². The predicted molar refractivity (Wildman–Crippen MR) is 94.0 cm³/mol. The monoisotopic (exact) mass is 377 g/mol. The van der Waals surface area contributed by atoms with Crippen LogP contribution in [0.4, 0.5) is 8.78 Å². The fourth-order valence-electron chi connectivity index (χ4n) is 3.38. The van der Waals surface area contributed by atoms with Gasteiger partial charge in [-0.25, -0.2) is 8.78 Å². The lowest BCUT2D eigenvalue weighted by atomic mass is 9.81. The highest BCUT2D eigenvalue weighted by Gasteiger charge is 2.46. The summed E-state index contributed by atoms with van der Waals surface area (Å²) in [5.74, 6) is -0.170. The second-order valence-corrected chi connectivity index (χ2v) is 6.79. The van der Waals surface area contributed by atoms with Crippen LogP contribution >= 0.6 is 0 Å². The van der Waals surface area contributed by atoms with Crippen LogP contribution in [0.1, 0.15) is 19.1 Å². The number of nitrogens with zero attached hydrogens (tertiary/aromatic N) is 2. The quantitative estimate of drug-likeness (QED) is 0.839. The minimum atomic E-state index is -2.63. The number of alkyl halides is 2. The normalized spacial score (nSPS) is 19.5. The first-order valence-electron chi connectivity index (χ1n) is 8.73.